The molecule has 5 nitrogen and oxygen atoms in total. The van der Waals surface area contributed by atoms with Crippen LogP contribution in [0.3, 0.4) is 0 Å². The van der Waals surface area contributed by atoms with Crippen LogP contribution in [0.2, 0.25) is 0 Å². The molecule has 0 aliphatic heterocycles. The Labute approximate surface area is 117 Å². The molecule has 9 heavy (non-hydrogen) atoms. The molecule has 6 N–H and O–H groups in total. The zero-order valence-electron chi connectivity index (χ0n) is 6.20. The molecular formula is H13AlCaO5PbSi. The van der Waals surface area contributed by atoms with Crippen molar-refractivity contribution in [3.63, 3.8) is 0 Å². The molecule has 0 aliphatic rings. The number of hydrogen-bond donors (Lipinski definition) is 4. The number of rotatable bonds is 0. The molecule has 0 amide bonds. The zero-order valence-corrected chi connectivity index (χ0v) is 12.9. The van der Waals surface area contributed by atoms with Crippen LogP contribution in [0, 0.1) is 0 Å². The molecule has 0 bridgehead atoms. The second-order valence-corrected chi connectivity index (χ2v) is 1.80. The van der Waals surface area contributed by atoms with E-state index < -0.39 is 9.05 Å². The number of hydrogen-bond acceptors (Lipinski definition) is 4. The van der Waals surface area contributed by atoms with Crippen LogP contribution < -0.4 is 0 Å². The Morgan fingerprint density at radius 2 is 1.00 bits per heavy atom. The van der Waals surface area contributed by atoms with Crippen molar-refractivity contribution >= 4 is 91.4 Å². The van der Waals surface area contributed by atoms with Crippen LogP contribution in [0.25, 0.3) is 0 Å². The first-order valence-electron chi connectivity index (χ1n) is 0.894. The maximum absolute atomic E-state index is 7.33. The fraction of sp³-hybridized carbons (Fsp3) is 0. The fourth-order valence-electron chi connectivity index (χ4n) is 0. The maximum atomic E-state index is 7.33. The van der Waals surface area contributed by atoms with E-state index in [-0.39, 0.29) is 90.7 Å². The molecule has 56 valence electrons. The second-order valence-electron chi connectivity index (χ2n) is 0.600. The summed E-state index contributed by atoms with van der Waals surface area (Å²) in [5.41, 5.74) is 0. The predicted molar refractivity (Wildman–Crippen MR) is 44.7 cm³/mol. The van der Waals surface area contributed by atoms with E-state index in [9.17, 15) is 0 Å². The van der Waals surface area contributed by atoms with Gasteiger partial charge in [0.05, 0.1) is 0 Å². The Bertz CT molecular complexity index is 40.0. The van der Waals surface area contributed by atoms with Gasteiger partial charge in [-0.25, -0.2) is 0 Å². The van der Waals surface area contributed by atoms with Gasteiger partial charge in [0.25, 0.3) is 0 Å². The first kappa shape index (κ1) is 29.8. The normalized spacial score (nSPS) is 6.67. The van der Waals surface area contributed by atoms with Gasteiger partial charge in [0.2, 0.25) is 0 Å². The van der Waals surface area contributed by atoms with Crippen molar-refractivity contribution in [3.8, 4) is 0 Å². The Morgan fingerprint density at radius 1 is 1.00 bits per heavy atom. The molecule has 9 heteroatoms. The summed E-state index contributed by atoms with van der Waals surface area (Å²) in [6, 6.07) is 0. The van der Waals surface area contributed by atoms with Gasteiger partial charge in [0, 0.05) is 0 Å². The van der Waals surface area contributed by atoms with Gasteiger partial charge in [0.1, 0.15) is 0 Å². The summed E-state index contributed by atoms with van der Waals surface area (Å²) in [5, 5.41) is 0. The minimum atomic E-state index is -4.61. The van der Waals surface area contributed by atoms with E-state index in [1.165, 1.54) is 0 Å². The van der Waals surface area contributed by atoms with Crippen LogP contribution in [0.1, 0.15) is 2.85 Å². The van der Waals surface area contributed by atoms with Gasteiger partial charge in [-0.05, 0) is 0 Å². The van der Waals surface area contributed by atoms with Crippen molar-refractivity contribution in [2.45, 2.75) is 0 Å². The van der Waals surface area contributed by atoms with E-state index in [4.69, 9.17) is 19.2 Å². The van der Waals surface area contributed by atoms with Gasteiger partial charge in [-0.1, -0.05) is 0 Å². The minimum absolute atomic E-state index is 0. The third kappa shape index (κ3) is 110. The van der Waals surface area contributed by atoms with Crippen molar-refractivity contribution in [1.29, 1.82) is 0 Å². The third-order valence-corrected chi connectivity index (χ3v) is 0. The first-order valence-corrected chi connectivity index (χ1v) is 2.68. The third-order valence-electron chi connectivity index (χ3n) is 0. The molecular weight excluding hydrogens is 382 g/mol. The van der Waals surface area contributed by atoms with Crippen LogP contribution in [-0.4, -0.2) is 116 Å². The first-order chi connectivity index (χ1) is 2.00. The van der Waals surface area contributed by atoms with Gasteiger partial charge in [-0.3, -0.25) is 0 Å². The standard InChI is InChI=1S/Al.Ca.H4O4Si.H2O.Pb.7H/c;;1-5(2,3)4;;;;;;;;;/h;;1-4H;1H2;;;;;;;;/q;+2;;;;;;;;;2*-1. The monoisotopic (exact) mass is 396 g/mol. The molecule has 0 saturated heterocycles. The Hall–Kier alpha value is 2.73. The summed E-state index contributed by atoms with van der Waals surface area (Å²) >= 11 is 0. The van der Waals surface area contributed by atoms with Crippen LogP contribution in [-0.2, 0) is 0 Å². The molecule has 0 rings (SSSR count). The fourth-order valence-corrected chi connectivity index (χ4v) is 0. The summed E-state index contributed by atoms with van der Waals surface area (Å²) in [5.74, 6) is 0. The van der Waals surface area contributed by atoms with E-state index in [1.807, 2.05) is 0 Å². The average molecular weight is 395 g/mol. The van der Waals surface area contributed by atoms with Gasteiger partial charge >= 0.3 is 74.1 Å². The molecule has 0 aromatic heterocycles. The van der Waals surface area contributed by atoms with E-state index in [2.05, 4.69) is 0 Å². The van der Waals surface area contributed by atoms with Crippen LogP contribution in [0.5, 0.6) is 0 Å². The van der Waals surface area contributed by atoms with Gasteiger partial charge in [0.15, 0.2) is 17.4 Å². The molecule has 0 aromatic rings. The molecule has 0 atom stereocenters. The molecule has 0 fully saturated rings. The van der Waals surface area contributed by atoms with E-state index in [0.717, 1.165) is 0 Å². The quantitative estimate of drug-likeness (QED) is 0.306. The molecule has 0 saturated carbocycles. The van der Waals surface area contributed by atoms with Crippen LogP contribution in [0.4, 0.5) is 0 Å². The van der Waals surface area contributed by atoms with Gasteiger partial charge < -0.3 is 27.5 Å². The van der Waals surface area contributed by atoms with Crippen LogP contribution >= 0.6 is 0 Å². The Morgan fingerprint density at radius 3 is 1.00 bits per heavy atom. The molecule has 2 radical (unpaired) electrons. The van der Waals surface area contributed by atoms with Crippen LogP contribution in [0.15, 0.2) is 0 Å². The van der Waals surface area contributed by atoms with Crippen molar-refractivity contribution in [2.75, 3.05) is 0 Å². The molecule has 0 unspecified atom stereocenters. The summed E-state index contributed by atoms with van der Waals surface area (Å²) in [7, 11) is -4.61. The summed E-state index contributed by atoms with van der Waals surface area (Å²) in [6.45, 7) is 0. The summed E-state index contributed by atoms with van der Waals surface area (Å²) in [6.07, 6.45) is 0. The Balaban J connectivity index is -0.00000000533. The zero-order chi connectivity index (χ0) is 4.50. The molecule has 0 aliphatic carbocycles. The summed E-state index contributed by atoms with van der Waals surface area (Å²) < 4.78 is 0. The van der Waals surface area contributed by atoms with Crippen molar-refractivity contribution in [1.82, 2.24) is 0 Å². The molecule has 0 aromatic carbocycles. The van der Waals surface area contributed by atoms with Crippen molar-refractivity contribution in [2.24, 2.45) is 0 Å². The van der Waals surface area contributed by atoms with Gasteiger partial charge in [-0.2, -0.15) is 0 Å². The van der Waals surface area contributed by atoms with Crippen molar-refractivity contribution in [3.05, 3.63) is 0 Å². The average Bonchev–Trinajstić information content (AvgIpc) is 0.722. The van der Waals surface area contributed by atoms with E-state index in [1.54, 1.807) is 0 Å². The molecule has 0 spiro atoms. The Kier molecular flexibility index (Phi) is 44.2. The topological polar surface area (TPSA) is 112 Å². The van der Waals surface area contributed by atoms with Gasteiger partial charge in [-0.15, -0.1) is 0 Å². The second kappa shape index (κ2) is 13.3. The van der Waals surface area contributed by atoms with Crippen molar-refractivity contribution < 1.29 is 27.5 Å². The predicted octanol–water partition coefficient (Wildman–Crippen LogP) is -5.69. The van der Waals surface area contributed by atoms with E-state index in [0.29, 0.717) is 0 Å². The summed E-state index contributed by atoms with van der Waals surface area (Å²) in [4.78, 5) is 29.3. The molecule has 0 heterocycles. The SMILES string of the molecule is O.O[Si](O)(O)O.[AlH3].[Ca+2].[H-].[H-].[PbH2]. The van der Waals surface area contributed by atoms with E-state index >= 15 is 0 Å².